The number of hydrogen-bond acceptors (Lipinski definition) is 3. The molecule has 0 fully saturated rings. The molecule has 0 aliphatic rings. The van der Waals surface area contributed by atoms with Crippen LogP contribution in [0.1, 0.15) is 10.4 Å². The van der Waals surface area contributed by atoms with Crippen molar-refractivity contribution in [3.8, 4) is 5.75 Å². The number of aromatic nitrogens is 1. The number of carbonyl (C=O) groups excluding carboxylic acids is 1. The SMILES string of the molecule is O=C(Nc1cnccc1Cl)c1ccc(O)c(Cl)c1. The van der Waals surface area contributed by atoms with Crippen molar-refractivity contribution in [2.45, 2.75) is 0 Å². The van der Waals surface area contributed by atoms with Gasteiger partial charge in [0.05, 0.1) is 21.9 Å². The van der Waals surface area contributed by atoms with Gasteiger partial charge in [-0.05, 0) is 24.3 Å². The fraction of sp³-hybridized carbons (Fsp3) is 0. The molecule has 92 valence electrons. The molecule has 18 heavy (non-hydrogen) atoms. The van der Waals surface area contributed by atoms with Gasteiger partial charge in [0.25, 0.3) is 5.91 Å². The number of rotatable bonds is 2. The lowest BCUT2D eigenvalue weighted by Gasteiger charge is -2.07. The lowest BCUT2D eigenvalue weighted by Crippen LogP contribution is -2.12. The van der Waals surface area contributed by atoms with E-state index in [1.165, 1.54) is 30.6 Å². The highest BCUT2D eigenvalue weighted by molar-refractivity contribution is 6.34. The number of nitrogens with one attached hydrogen (secondary N) is 1. The van der Waals surface area contributed by atoms with E-state index < -0.39 is 0 Å². The molecule has 1 heterocycles. The summed E-state index contributed by atoms with van der Waals surface area (Å²) in [5.41, 5.74) is 0.728. The number of amides is 1. The summed E-state index contributed by atoms with van der Waals surface area (Å²) in [5, 5.41) is 12.4. The van der Waals surface area contributed by atoms with E-state index in [1.807, 2.05) is 0 Å². The molecule has 1 amide bonds. The topological polar surface area (TPSA) is 62.2 Å². The van der Waals surface area contributed by atoms with Crippen LogP contribution in [-0.2, 0) is 0 Å². The van der Waals surface area contributed by atoms with Gasteiger partial charge in [0.1, 0.15) is 5.75 Å². The largest absolute Gasteiger partial charge is 0.506 e. The molecule has 0 unspecified atom stereocenters. The molecule has 2 rings (SSSR count). The van der Waals surface area contributed by atoms with Crippen molar-refractivity contribution in [2.24, 2.45) is 0 Å². The van der Waals surface area contributed by atoms with Gasteiger partial charge in [0.2, 0.25) is 0 Å². The smallest absolute Gasteiger partial charge is 0.255 e. The maximum atomic E-state index is 11.9. The summed E-state index contributed by atoms with van der Waals surface area (Å²) >= 11 is 11.6. The third-order valence-electron chi connectivity index (χ3n) is 2.23. The molecule has 0 aliphatic carbocycles. The molecule has 2 N–H and O–H groups in total. The Hall–Kier alpha value is -1.78. The fourth-order valence-corrected chi connectivity index (χ4v) is 1.65. The average Bonchev–Trinajstić information content (AvgIpc) is 2.35. The van der Waals surface area contributed by atoms with Gasteiger partial charge in [0.15, 0.2) is 0 Å². The summed E-state index contributed by atoms with van der Waals surface area (Å²) in [5.74, 6) is -0.459. The number of phenolic OH excluding ortho intramolecular Hbond substituents is 1. The number of hydrogen-bond donors (Lipinski definition) is 2. The third-order valence-corrected chi connectivity index (χ3v) is 2.86. The highest BCUT2D eigenvalue weighted by Crippen LogP contribution is 2.25. The Bertz CT molecular complexity index is 602. The number of nitrogens with zero attached hydrogens (tertiary/aromatic N) is 1. The van der Waals surface area contributed by atoms with Gasteiger partial charge in [0, 0.05) is 11.8 Å². The molecule has 6 heteroatoms. The summed E-state index contributed by atoms with van der Waals surface area (Å²) in [6.07, 6.45) is 2.97. The standard InChI is InChI=1S/C12H8Cl2N2O2/c13-8-3-4-15-6-10(8)16-12(18)7-1-2-11(17)9(14)5-7/h1-6,17H,(H,16,18). The van der Waals surface area contributed by atoms with Crippen molar-refractivity contribution in [1.29, 1.82) is 0 Å². The first kappa shape index (κ1) is 12.7. The van der Waals surface area contributed by atoms with Gasteiger partial charge >= 0.3 is 0 Å². The Labute approximate surface area is 113 Å². The number of halogens is 2. The van der Waals surface area contributed by atoms with Gasteiger partial charge in [-0.25, -0.2) is 0 Å². The van der Waals surface area contributed by atoms with E-state index in [4.69, 9.17) is 23.2 Å². The zero-order valence-electron chi connectivity index (χ0n) is 9.02. The molecule has 4 nitrogen and oxygen atoms in total. The fourth-order valence-electron chi connectivity index (χ4n) is 1.31. The number of pyridine rings is 1. The van der Waals surface area contributed by atoms with E-state index in [-0.39, 0.29) is 16.7 Å². The maximum Gasteiger partial charge on any atom is 0.255 e. The molecule has 0 radical (unpaired) electrons. The highest BCUT2D eigenvalue weighted by Gasteiger charge is 2.10. The summed E-state index contributed by atoms with van der Waals surface area (Å²) in [6, 6.07) is 5.75. The molecule has 0 saturated heterocycles. The number of anilines is 1. The summed E-state index contributed by atoms with van der Waals surface area (Å²) in [6.45, 7) is 0. The van der Waals surface area contributed by atoms with Crippen LogP contribution < -0.4 is 5.32 Å². The molecule has 1 aromatic carbocycles. The molecule has 1 aromatic heterocycles. The van der Waals surface area contributed by atoms with Crippen molar-refractivity contribution < 1.29 is 9.90 Å². The maximum absolute atomic E-state index is 11.9. The average molecular weight is 283 g/mol. The van der Waals surface area contributed by atoms with Crippen LogP contribution >= 0.6 is 23.2 Å². The monoisotopic (exact) mass is 282 g/mol. The summed E-state index contributed by atoms with van der Waals surface area (Å²) in [7, 11) is 0. The van der Waals surface area contributed by atoms with Crippen LogP contribution in [0, 0.1) is 0 Å². The molecule has 0 saturated carbocycles. The highest BCUT2D eigenvalue weighted by atomic mass is 35.5. The van der Waals surface area contributed by atoms with Crippen LogP contribution in [0.5, 0.6) is 5.75 Å². The van der Waals surface area contributed by atoms with Gasteiger partial charge in [-0.3, -0.25) is 9.78 Å². The van der Waals surface area contributed by atoms with Gasteiger partial charge < -0.3 is 10.4 Å². The van der Waals surface area contributed by atoms with Gasteiger partial charge in [-0.1, -0.05) is 23.2 Å². The molecule has 0 aliphatic heterocycles. The van der Waals surface area contributed by atoms with E-state index in [0.717, 1.165) is 0 Å². The second-order valence-electron chi connectivity index (χ2n) is 3.48. The first-order valence-electron chi connectivity index (χ1n) is 4.97. The van der Waals surface area contributed by atoms with Crippen molar-refractivity contribution in [3.63, 3.8) is 0 Å². The molecule has 0 spiro atoms. The Morgan fingerprint density at radius 1 is 1.22 bits per heavy atom. The van der Waals surface area contributed by atoms with Crippen LogP contribution in [0.2, 0.25) is 10.0 Å². The van der Waals surface area contributed by atoms with Crippen LogP contribution in [0.25, 0.3) is 0 Å². The predicted molar refractivity (Wildman–Crippen MR) is 70.3 cm³/mol. The molecular formula is C12H8Cl2N2O2. The minimum atomic E-state index is -0.383. The first-order valence-corrected chi connectivity index (χ1v) is 5.73. The lowest BCUT2D eigenvalue weighted by atomic mass is 10.2. The van der Waals surface area contributed by atoms with Crippen LogP contribution in [0.3, 0.4) is 0 Å². The van der Waals surface area contributed by atoms with Crippen molar-refractivity contribution in [2.75, 3.05) is 5.32 Å². The number of aromatic hydroxyl groups is 1. The molecule has 2 aromatic rings. The van der Waals surface area contributed by atoms with Gasteiger partial charge in [-0.15, -0.1) is 0 Å². The van der Waals surface area contributed by atoms with Gasteiger partial charge in [-0.2, -0.15) is 0 Å². The zero-order valence-corrected chi connectivity index (χ0v) is 10.5. The molecule has 0 atom stereocenters. The minimum Gasteiger partial charge on any atom is -0.506 e. The Morgan fingerprint density at radius 2 is 2.00 bits per heavy atom. The van der Waals surface area contributed by atoms with E-state index in [2.05, 4.69) is 10.3 Å². The Kier molecular flexibility index (Phi) is 3.69. The number of phenols is 1. The van der Waals surface area contributed by atoms with E-state index in [0.29, 0.717) is 16.3 Å². The zero-order chi connectivity index (χ0) is 13.1. The normalized spacial score (nSPS) is 10.1. The first-order chi connectivity index (χ1) is 8.58. The van der Waals surface area contributed by atoms with Crippen molar-refractivity contribution in [1.82, 2.24) is 4.98 Å². The quantitative estimate of drug-likeness (QED) is 0.888. The number of carbonyl (C=O) groups is 1. The summed E-state index contributed by atoms with van der Waals surface area (Å²) < 4.78 is 0. The summed E-state index contributed by atoms with van der Waals surface area (Å²) in [4.78, 5) is 15.8. The van der Waals surface area contributed by atoms with Crippen LogP contribution in [0.15, 0.2) is 36.7 Å². The Balaban J connectivity index is 2.22. The Morgan fingerprint density at radius 3 is 2.67 bits per heavy atom. The third kappa shape index (κ3) is 2.72. The predicted octanol–water partition coefficient (Wildman–Crippen LogP) is 3.35. The van der Waals surface area contributed by atoms with Crippen LogP contribution in [0.4, 0.5) is 5.69 Å². The second kappa shape index (κ2) is 5.25. The second-order valence-corrected chi connectivity index (χ2v) is 4.29. The molecule has 0 bridgehead atoms. The number of benzene rings is 1. The van der Waals surface area contributed by atoms with E-state index in [1.54, 1.807) is 6.07 Å². The van der Waals surface area contributed by atoms with Crippen molar-refractivity contribution in [3.05, 3.63) is 52.3 Å². The van der Waals surface area contributed by atoms with Crippen LogP contribution in [-0.4, -0.2) is 16.0 Å². The van der Waals surface area contributed by atoms with E-state index >= 15 is 0 Å². The molecular weight excluding hydrogens is 275 g/mol. The van der Waals surface area contributed by atoms with Crippen molar-refractivity contribution >= 4 is 34.8 Å². The lowest BCUT2D eigenvalue weighted by molar-refractivity contribution is 0.102. The minimum absolute atomic E-state index is 0.0763. The van der Waals surface area contributed by atoms with E-state index in [9.17, 15) is 9.90 Å².